The monoisotopic (exact) mass is 168 g/mol. The maximum absolute atomic E-state index is 8.91. The van der Waals surface area contributed by atoms with Crippen molar-refractivity contribution in [2.24, 2.45) is 0 Å². The molecule has 0 atom stereocenters. The van der Waals surface area contributed by atoms with Crippen molar-refractivity contribution < 1.29 is 5.11 Å². The fourth-order valence-electron chi connectivity index (χ4n) is 1.13. The van der Waals surface area contributed by atoms with Crippen LogP contribution in [0.3, 0.4) is 0 Å². The first-order valence-corrected chi connectivity index (χ1v) is 4.22. The largest absolute Gasteiger partial charge is 0.390 e. The van der Waals surface area contributed by atoms with Crippen molar-refractivity contribution in [3.8, 4) is 0 Å². The van der Waals surface area contributed by atoms with Gasteiger partial charge in [0, 0.05) is 11.1 Å². The molecule has 0 saturated carbocycles. The number of rotatable bonds is 1. The summed E-state index contributed by atoms with van der Waals surface area (Å²) in [7, 11) is 0. The Hall–Kier alpha value is -0.870. The summed E-state index contributed by atoms with van der Waals surface area (Å²) in [6, 6.07) is 0. The van der Waals surface area contributed by atoms with E-state index in [9.17, 15) is 0 Å². The smallest absolute Gasteiger partial charge is 0.194 e. The van der Waals surface area contributed by atoms with E-state index in [0.29, 0.717) is 0 Å². The Labute approximate surface area is 67.9 Å². The van der Waals surface area contributed by atoms with Crippen LogP contribution < -0.4 is 0 Å². The van der Waals surface area contributed by atoms with Crippen LogP contribution in [-0.4, -0.2) is 14.5 Å². The van der Waals surface area contributed by atoms with E-state index in [4.69, 9.17) is 5.11 Å². The molecule has 58 valence electrons. The van der Waals surface area contributed by atoms with Crippen molar-refractivity contribution in [3.63, 3.8) is 0 Å². The number of hydrogen-bond acceptors (Lipinski definition) is 3. The Morgan fingerprint density at radius 3 is 3.27 bits per heavy atom. The summed E-state index contributed by atoms with van der Waals surface area (Å²) in [5, 5.41) is 10.9. The fraction of sp³-hybridized carbons (Fsp3) is 0.286. The second-order valence-electron chi connectivity index (χ2n) is 2.40. The van der Waals surface area contributed by atoms with Crippen molar-refractivity contribution in [1.29, 1.82) is 0 Å². The summed E-state index contributed by atoms with van der Waals surface area (Å²) in [6.07, 6.45) is 1.71. The number of fused-ring (bicyclic) bond motifs is 1. The number of nitrogens with zero attached hydrogens (tertiary/aromatic N) is 2. The van der Waals surface area contributed by atoms with Crippen LogP contribution in [0.4, 0.5) is 0 Å². The van der Waals surface area contributed by atoms with Crippen molar-refractivity contribution in [3.05, 3.63) is 23.0 Å². The first kappa shape index (κ1) is 6.82. The standard InChI is InChI=1S/C7H8N2OS/c1-5-4-11-7-8-2-6(3-10)9(5)7/h2,4,10H,3H2,1H3. The second-order valence-corrected chi connectivity index (χ2v) is 3.24. The van der Waals surface area contributed by atoms with Crippen LogP contribution in [0.2, 0.25) is 0 Å². The number of imidazole rings is 1. The van der Waals surface area contributed by atoms with E-state index in [1.165, 1.54) is 0 Å². The van der Waals surface area contributed by atoms with Crippen LogP contribution in [0.15, 0.2) is 11.6 Å². The zero-order valence-corrected chi connectivity index (χ0v) is 6.93. The maximum atomic E-state index is 8.91. The third-order valence-corrected chi connectivity index (χ3v) is 2.61. The van der Waals surface area contributed by atoms with Gasteiger partial charge in [-0.25, -0.2) is 4.98 Å². The molecule has 2 heterocycles. The molecular weight excluding hydrogens is 160 g/mol. The summed E-state index contributed by atoms with van der Waals surface area (Å²) in [4.78, 5) is 5.08. The molecule has 1 N–H and O–H groups in total. The SMILES string of the molecule is Cc1csc2ncc(CO)n12. The quantitative estimate of drug-likeness (QED) is 0.694. The van der Waals surface area contributed by atoms with Crippen molar-refractivity contribution in [1.82, 2.24) is 9.38 Å². The lowest BCUT2D eigenvalue weighted by Gasteiger charge is -1.93. The van der Waals surface area contributed by atoms with Gasteiger partial charge in [0.05, 0.1) is 18.5 Å². The molecule has 0 saturated heterocycles. The molecule has 0 spiro atoms. The van der Waals surface area contributed by atoms with Crippen molar-refractivity contribution in [2.75, 3.05) is 0 Å². The molecule has 0 aromatic carbocycles. The fourth-order valence-corrected chi connectivity index (χ4v) is 1.99. The highest BCUT2D eigenvalue weighted by Crippen LogP contribution is 2.16. The lowest BCUT2D eigenvalue weighted by Crippen LogP contribution is -1.91. The van der Waals surface area contributed by atoms with E-state index in [2.05, 4.69) is 4.98 Å². The Balaban J connectivity index is 2.80. The van der Waals surface area contributed by atoms with Gasteiger partial charge in [-0.15, -0.1) is 11.3 Å². The van der Waals surface area contributed by atoms with Gasteiger partial charge in [-0.05, 0) is 6.92 Å². The van der Waals surface area contributed by atoms with Gasteiger partial charge in [0.15, 0.2) is 4.96 Å². The van der Waals surface area contributed by atoms with Gasteiger partial charge in [0.25, 0.3) is 0 Å². The first-order chi connectivity index (χ1) is 5.33. The predicted octanol–water partition coefficient (Wildman–Crippen LogP) is 1.20. The topological polar surface area (TPSA) is 37.5 Å². The highest BCUT2D eigenvalue weighted by atomic mass is 32.1. The highest BCUT2D eigenvalue weighted by molar-refractivity contribution is 7.15. The second kappa shape index (κ2) is 2.32. The minimum absolute atomic E-state index is 0.0543. The molecule has 2 rings (SSSR count). The minimum Gasteiger partial charge on any atom is -0.390 e. The van der Waals surface area contributed by atoms with Crippen LogP contribution in [0.5, 0.6) is 0 Å². The Kier molecular flexibility index (Phi) is 1.44. The average Bonchev–Trinajstić information content (AvgIpc) is 2.54. The van der Waals surface area contributed by atoms with E-state index >= 15 is 0 Å². The van der Waals surface area contributed by atoms with Crippen LogP contribution in [0.1, 0.15) is 11.4 Å². The molecule has 11 heavy (non-hydrogen) atoms. The van der Waals surface area contributed by atoms with E-state index in [-0.39, 0.29) is 6.61 Å². The summed E-state index contributed by atoms with van der Waals surface area (Å²) in [6.45, 7) is 2.06. The first-order valence-electron chi connectivity index (χ1n) is 3.34. The predicted molar refractivity (Wildman–Crippen MR) is 43.7 cm³/mol. The van der Waals surface area contributed by atoms with Crippen molar-refractivity contribution >= 4 is 16.3 Å². The molecule has 0 bridgehead atoms. The molecular formula is C7H8N2OS. The molecule has 0 aliphatic heterocycles. The van der Waals surface area contributed by atoms with Gasteiger partial charge in [-0.3, -0.25) is 4.40 Å². The molecule has 2 aromatic rings. The number of aryl methyl sites for hydroxylation is 1. The Morgan fingerprint density at radius 1 is 1.73 bits per heavy atom. The van der Waals surface area contributed by atoms with Gasteiger partial charge in [-0.2, -0.15) is 0 Å². The number of aromatic nitrogens is 2. The molecule has 0 radical (unpaired) electrons. The van der Waals surface area contributed by atoms with Crippen LogP contribution in [-0.2, 0) is 6.61 Å². The summed E-state index contributed by atoms with van der Waals surface area (Å²) in [5.41, 5.74) is 1.99. The number of thiazole rings is 1. The van der Waals surface area contributed by atoms with Crippen LogP contribution in [0.25, 0.3) is 4.96 Å². The summed E-state index contributed by atoms with van der Waals surface area (Å²) in [5.74, 6) is 0. The molecule has 4 heteroatoms. The van der Waals surface area contributed by atoms with Gasteiger partial charge in [-0.1, -0.05) is 0 Å². The lowest BCUT2D eigenvalue weighted by molar-refractivity contribution is 0.275. The Bertz CT molecular complexity index is 377. The van der Waals surface area contributed by atoms with E-state index in [0.717, 1.165) is 16.3 Å². The average molecular weight is 168 g/mol. The summed E-state index contributed by atoms with van der Waals surface area (Å²) >= 11 is 1.59. The third kappa shape index (κ3) is 0.868. The van der Waals surface area contributed by atoms with E-state index < -0.39 is 0 Å². The zero-order chi connectivity index (χ0) is 7.84. The molecule has 0 aliphatic carbocycles. The van der Waals surface area contributed by atoms with E-state index in [1.54, 1.807) is 17.5 Å². The van der Waals surface area contributed by atoms with Crippen LogP contribution >= 0.6 is 11.3 Å². The van der Waals surface area contributed by atoms with Crippen LogP contribution in [0, 0.1) is 6.92 Å². The summed E-state index contributed by atoms with van der Waals surface area (Å²) < 4.78 is 1.96. The number of aliphatic hydroxyl groups excluding tert-OH is 1. The van der Waals surface area contributed by atoms with Gasteiger partial charge < -0.3 is 5.11 Å². The van der Waals surface area contributed by atoms with Gasteiger partial charge >= 0.3 is 0 Å². The molecule has 0 amide bonds. The van der Waals surface area contributed by atoms with E-state index in [1.807, 2.05) is 16.7 Å². The highest BCUT2D eigenvalue weighted by Gasteiger charge is 2.04. The zero-order valence-electron chi connectivity index (χ0n) is 6.11. The third-order valence-electron chi connectivity index (χ3n) is 1.65. The Morgan fingerprint density at radius 2 is 2.55 bits per heavy atom. The van der Waals surface area contributed by atoms with Gasteiger partial charge in [0.1, 0.15) is 0 Å². The lowest BCUT2D eigenvalue weighted by atomic mass is 10.5. The number of hydrogen-bond donors (Lipinski definition) is 1. The van der Waals surface area contributed by atoms with Gasteiger partial charge in [0.2, 0.25) is 0 Å². The minimum atomic E-state index is 0.0543. The number of aliphatic hydroxyl groups is 1. The maximum Gasteiger partial charge on any atom is 0.194 e. The molecule has 3 nitrogen and oxygen atoms in total. The normalized spacial score (nSPS) is 11.1. The molecule has 2 aromatic heterocycles. The molecule has 0 aliphatic rings. The van der Waals surface area contributed by atoms with Crippen molar-refractivity contribution in [2.45, 2.75) is 13.5 Å². The molecule has 0 unspecified atom stereocenters. The molecule has 0 fully saturated rings.